The van der Waals surface area contributed by atoms with Crippen molar-refractivity contribution in [2.45, 2.75) is 26.7 Å². The first-order valence-electron chi connectivity index (χ1n) is 5.08. The summed E-state index contributed by atoms with van der Waals surface area (Å²) in [6.07, 6.45) is 1.78. The Kier molecular flexibility index (Phi) is 5.17. The molecule has 0 heterocycles. The minimum atomic E-state index is 0.873. The van der Waals surface area contributed by atoms with Crippen LogP contribution < -0.4 is 0 Å². The smallest absolute Gasteiger partial charge is 0.0775 e. The van der Waals surface area contributed by atoms with E-state index in [4.69, 9.17) is 0 Å². The van der Waals surface area contributed by atoms with Crippen LogP contribution in [0.4, 0.5) is 11.4 Å². The normalized spacial score (nSPS) is 9.12. The molecule has 0 amide bonds. The van der Waals surface area contributed by atoms with Gasteiger partial charge in [-0.25, -0.2) is 0 Å². The summed E-state index contributed by atoms with van der Waals surface area (Å²) in [6.45, 7) is 4.17. The van der Waals surface area contributed by atoms with E-state index in [1.165, 1.54) is 0 Å². The number of benzene rings is 1. The molecule has 1 aromatic rings. The van der Waals surface area contributed by atoms with Crippen LogP contribution in [0.25, 0.3) is 0 Å². The van der Waals surface area contributed by atoms with Crippen molar-refractivity contribution in [1.82, 2.24) is 0 Å². The fraction of sp³-hybridized carbons (Fsp3) is 0.333. The monoisotopic (exact) mass is 248 g/mol. The largest absolute Gasteiger partial charge is 0.194 e. The second-order valence-corrected chi connectivity index (χ2v) is 3.54. The maximum absolute atomic E-state index is 4.64. The van der Waals surface area contributed by atoms with Crippen LogP contribution in [0.1, 0.15) is 25.0 Å². The topological polar surface area (TPSA) is 24.7 Å². The third-order valence-corrected chi connectivity index (χ3v) is 2.60. The molecule has 1 rings (SSSR count). The predicted octanol–water partition coefficient (Wildman–Crippen LogP) is 4.28. The zero-order valence-corrected chi connectivity index (χ0v) is 10.9. The van der Waals surface area contributed by atoms with E-state index in [0.717, 1.165) is 35.3 Å². The second-order valence-electron chi connectivity index (χ2n) is 3.17. The number of hydrogen-bond donors (Lipinski definition) is 0. The first-order chi connectivity index (χ1) is 7.78. The summed E-state index contributed by atoms with van der Waals surface area (Å²) in [5.74, 6) is 0. The number of thiocarbonyl (C=S) groups is 2. The van der Waals surface area contributed by atoms with Crippen LogP contribution in [-0.2, 0) is 12.8 Å². The summed E-state index contributed by atoms with van der Waals surface area (Å²) < 4.78 is 0. The van der Waals surface area contributed by atoms with Gasteiger partial charge in [-0.2, -0.15) is 9.98 Å². The minimum absolute atomic E-state index is 0.873. The molecule has 0 bridgehead atoms. The van der Waals surface area contributed by atoms with Crippen LogP contribution in [0, 0.1) is 0 Å². The number of nitrogens with zero attached hydrogens (tertiary/aromatic N) is 2. The van der Waals surface area contributed by atoms with E-state index >= 15 is 0 Å². The third-order valence-electron chi connectivity index (χ3n) is 2.42. The van der Waals surface area contributed by atoms with Crippen molar-refractivity contribution >= 4 is 46.1 Å². The maximum atomic E-state index is 4.64. The molecule has 0 atom stereocenters. The molecule has 16 heavy (non-hydrogen) atoms. The van der Waals surface area contributed by atoms with Gasteiger partial charge < -0.3 is 0 Å². The Bertz CT molecular complexity index is 437. The van der Waals surface area contributed by atoms with Crippen LogP contribution in [0.15, 0.2) is 22.1 Å². The first-order valence-corrected chi connectivity index (χ1v) is 5.90. The molecule has 82 valence electrons. The van der Waals surface area contributed by atoms with Gasteiger partial charge >= 0.3 is 0 Å². The van der Waals surface area contributed by atoms with E-state index in [9.17, 15) is 0 Å². The molecule has 0 spiro atoms. The number of aliphatic imine (C=N–C) groups is 2. The molecule has 0 unspecified atom stereocenters. The molecular formula is C12H12N2S2. The quantitative estimate of drug-likeness (QED) is 0.587. The van der Waals surface area contributed by atoms with E-state index in [0.29, 0.717) is 0 Å². The molecule has 0 aromatic heterocycles. The highest BCUT2D eigenvalue weighted by atomic mass is 32.1. The van der Waals surface area contributed by atoms with Gasteiger partial charge in [0.2, 0.25) is 0 Å². The molecule has 0 saturated heterocycles. The molecule has 0 aliphatic rings. The standard InChI is InChI=1S/C12H12N2S2/c1-3-9-10(4-2)12(14-8-16)6-5-11(9)13-7-15/h5-6H,3-4H2,1-2H3. The Hall–Kier alpha value is -1.18. The first kappa shape index (κ1) is 12.9. The lowest BCUT2D eigenvalue weighted by Crippen LogP contribution is -1.92. The van der Waals surface area contributed by atoms with Crippen molar-refractivity contribution in [3.05, 3.63) is 23.3 Å². The van der Waals surface area contributed by atoms with E-state index in [1.54, 1.807) is 0 Å². The van der Waals surface area contributed by atoms with E-state index in [-0.39, 0.29) is 0 Å². The number of isothiocyanates is 2. The average molecular weight is 248 g/mol. The average Bonchev–Trinajstić information content (AvgIpc) is 2.31. The fourth-order valence-electron chi connectivity index (χ4n) is 1.77. The Morgan fingerprint density at radius 3 is 1.56 bits per heavy atom. The lowest BCUT2D eigenvalue weighted by molar-refractivity contribution is 1.03. The van der Waals surface area contributed by atoms with E-state index < -0.39 is 0 Å². The van der Waals surface area contributed by atoms with E-state index in [2.05, 4.69) is 58.6 Å². The molecule has 0 fully saturated rings. The Morgan fingerprint density at radius 1 is 0.938 bits per heavy atom. The highest BCUT2D eigenvalue weighted by Gasteiger charge is 2.09. The Labute approximate surface area is 106 Å². The van der Waals surface area contributed by atoms with E-state index in [1.807, 2.05) is 12.1 Å². The van der Waals surface area contributed by atoms with Gasteiger partial charge in [0.05, 0.1) is 21.7 Å². The van der Waals surface area contributed by atoms with Gasteiger partial charge in [0.15, 0.2) is 0 Å². The molecule has 0 saturated carbocycles. The molecule has 1 aromatic carbocycles. The summed E-state index contributed by atoms with van der Waals surface area (Å²) in [7, 11) is 0. The lowest BCUT2D eigenvalue weighted by atomic mass is 9.99. The van der Waals surface area contributed by atoms with Gasteiger partial charge in [-0.05, 0) is 60.5 Å². The van der Waals surface area contributed by atoms with Crippen molar-refractivity contribution in [2.24, 2.45) is 9.98 Å². The molecule has 4 heteroatoms. The summed E-state index contributed by atoms with van der Waals surface area (Å²) in [5.41, 5.74) is 4.06. The van der Waals surface area contributed by atoms with Crippen LogP contribution in [0.3, 0.4) is 0 Å². The Morgan fingerprint density at radius 2 is 1.31 bits per heavy atom. The van der Waals surface area contributed by atoms with Gasteiger partial charge in [0.25, 0.3) is 0 Å². The summed E-state index contributed by atoms with van der Waals surface area (Å²) in [5, 5.41) is 4.81. The summed E-state index contributed by atoms with van der Waals surface area (Å²) in [6, 6.07) is 3.78. The zero-order chi connectivity index (χ0) is 12.0. The highest BCUT2D eigenvalue weighted by Crippen LogP contribution is 2.31. The van der Waals surface area contributed by atoms with Crippen molar-refractivity contribution < 1.29 is 0 Å². The molecule has 0 aliphatic heterocycles. The van der Waals surface area contributed by atoms with Gasteiger partial charge in [-0.15, -0.1) is 0 Å². The van der Waals surface area contributed by atoms with Crippen molar-refractivity contribution in [3.63, 3.8) is 0 Å². The molecular weight excluding hydrogens is 236 g/mol. The summed E-state index contributed by atoms with van der Waals surface area (Å²) >= 11 is 9.27. The van der Waals surface area contributed by atoms with Crippen LogP contribution in [-0.4, -0.2) is 10.3 Å². The van der Waals surface area contributed by atoms with Crippen LogP contribution >= 0.6 is 24.4 Å². The molecule has 0 radical (unpaired) electrons. The maximum Gasteiger partial charge on any atom is 0.0775 e. The molecule has 0 N–H and O–H groups in total. The lowest BCUT2D eigenvalue weighted by Gasteiger charge is -2.10. The van der Waals surface area contributed by atoms with Crippen molar-refractivity contribution in [1.29, 1.82) is 0 Å². The van der Waals surface area contributed by atoms with Gasteiger partial charge in [0, 0.05) is 0 Å². The summed E-state index contributed by atoms with van der Waals surface area (Å²) in [4.78, 5) is 8.13. The Balaban J connectivity index is 3.50. The van der Waals surface area contributed by atoms with Crippen molar-refractivity contribution in [2.75, 3.05) is 0 Å². The molecule has 0 aliphatic carbocycles. The SMILES string of the molecule is CCc1c(N=C=S)ccc(N=C=S)c1CC. The third kappa shape index (κ3) is 2.69. The van der Waals surface area contributed by atoms with Crippen LogP contribution in [0.5, 0.6) is 0 Å². The van der Waals surface area contributed by atoms with Gasteiger partial charge in [0.1, 0.15) is 0 Å². The van der Waals surface area contributed by atoms with Gasteiger partial charge in [-0.1, -0.05) is 13.8 Å². The highest BCUT2D eigenvalue weighted by molar-refractivity contribution is 7.78. The fourth-order valence-corrected chi connectivity index (χ4v) is 1.96. The predicted molar refractivity (Wildman–Crippen MR) is 74.6 cm³/mol. The minimum Gasteiger partial charge on any atom is -0.194 e. The zero-order valence-electron chi connectivity index (χ0n) is 9.28. The number of hydrogen-bond acceptors (Lipinski definition) is 4. The van der Waals surface area contributed by atoms with Crippen LogP contribution in [0.2, 0.25) is 0 Å². The molecule has 2 nitrogen and oxygen atoms in total. The van der Waals surface area contributed by atoms with Gasteiger partial charge in [-0.3, -0.25) is 0 Å². The van der Waals surface area contributed by atoms with Crippen molar-refractivity contribution in [3.8, 4) is 0 Å². The second kappa shape index (κ2) is 6.41. The number of rotatable bonds is 4.